The second-order valence-electron chi connectivity index (χ2n) is 5.00. The van der Waals surface area contributed by atoms with E-state index in [0.717, 1.165) is 13.0 Å². The smallest absolute Gasteiger partial charge is 0.109 e. The van der Waals surface area contributed by atoms with Gasteiger partial charge in [-0.15, -0.1) is 0 Å². The molecule has 0 bridgehead atoms. The Morgan fingerprint density at radius 2 is 2.21 bits per heavy atom. The van der Waals surface area contributed by atoms with Crippen LogP contribution < -0.4 is 5.32 Å². The van der Waals surface area contributed by atoms with E-state index in [0.29, 0.717) is 11.8 Å². The van der Waals surface area contributed by atoms with Crippen molar-refractivity contribution >= 4 is 0 Å². The minimum absolute atomic E-state index is 0.234. The molecule has 0 heterocycles. The van der Waals surface area contributed by atoms with Crippen molar-refractivity contribution in [2.45, 2.75) is 52.0 Å². The molecular formula is C12H22N2. The van der Waals surface area contributed by atoms with Crippen molar-refractivity contribution < 1.29 is 0 Å². The third kappa shape index (κ3) is 2.48. The minimum Gasteiger partial charge on any atom is -0.299 e. The van der Waals surface area contributed by atoms with Gasteiger partial charge in [0.25, 0.3) is 0 Å². The Labute approximate surface area is 87.7 Å². The molecule has 0 aromatic rings. The van der Waals surface area contributed by atoms with E-state index in [1.165, 1.54) is 19.3 Å². The average molecular weight is 194 g/mol. The molecule has 0 aromatic heterocycles. The van der Waals surface area contributed by atoms with Crippen molar-refractivity contribution in [2.24, 2.45) is 11.8 Å². The van der Waals surface area contributed by atoms with Gasteiger partial charge in [0.2, 0.25) is 0 Å². The first-order valence-electron chi connectivity index (χ1n) is 5.77. The van der Waals surface area contributed by atoms with Crippen molar-refractivity contribution in [2.75, 3.05) is 6.54 Å². The molecule has 0 aliphatic heterocycles. The molecule has 0 amide bonds. The molecule has 1 fully saturated rings. The van der Waals surface area contributed by atoms with E-state index >= 15 is 0 Å². The van der Waals surface area contributed by atoms with Gasteiger partial charge in [-0.2, -0.15) is 5.26 Å². The van der Waals surface area contributed by atoms with Crippen LogP contribution in [-0.4, -0.2) is 12.1 Å². The molecule has 1 aliphatic rings. The number of nitrogens with zero attached hydrogens (tertiary/aromatic N) is 1. The van der Waals surface area contributed by atoms with Crippen LogP contribution in [-0.2, 0) is 0 Å². The molecule has 0 spiro atoms. The van der Waals surface area contributed by atoms with Crippen molar-refractivity contribution in [3.63, 3.8) is 0 Å². The SMILES string of the molecule is CC(C)CNC1(C#N)CCCCC1C. The molecule has 14 heavy (non-hydrogen) atoms. The van der Waals surface area contributed by atoms with Gasteiger partial charge in [0.05, 0.1) is 6.07 Å². The number of nitrogens with one attached hydrogen (secondary N) is 1. The van der Waals surface area contributed by atoms with E-state index in [2.05, 4.69) is 32.2 Å². The summed E-state index contributed by atoms with van der Waals surface area (Å²) in [7, 11) is 0. The first kappa shape index (κ1) is 11.5. The molecule has 1 rings (SSSR count). The lowest BCUT2D eigenvalue weighted by atomic mass is 9.74. The quantitative estimate of drug-likeness (QED) is 0.750. The van der Waals surface area contributed by atoms with Gasteiger partial charge in [-0.25, -0.2) is 0 Å². The van der Waals surface area contributed by atoms with E-state index in [-0.39, 0.29) is 5.54 Å². The second-order valence-corrected chi connectivity index (χ2v) is 5.00. The van der Waals surface area contributed by atoms with Crippen LogP contribution >= 0.6 is 0 Å². The Morgan fingerprint density at radius 3 is 2.71 bits per heavy atom. The molecule has 1 aliphatic carbocycles. The Bertz CT molecular complexity index is 217. The van der Waals surface area contributed by atoms with E-state index in [9.17, 15) is 5.26 Å². The highest BCUT2D eigenvalue weighted by molar-refractivity contribution is 5.11. The summed E-state index contributed by atoms with van der Waals surface area (Å²) in [4.78, 5) is 0. The molecule has 0 radical (unpaired) electrons. The molecule has 2 unspecified atom stereocenters. The summed E-state index contributed by atoms with van der Waals surface area (Å²) in [6, 6.07) is 2.51. The lowest BCUT2D eigenvalue weighted by molar-refractivity contribution is 0.206. The average Bonchev–Trinajstić information content (AvgIpc) is 2.17. The molecule has 2 heteroatoms. The Hall–Kier alpha value is -0.550. The minimum atomic E-state index is -0.234. The number of nitriles is 1. The highest BCUT2D eigenvalue weighted by atomic mass is 15.0. The predicted molar refractivity (Wildman–Crippen MR) is 58.8 cm³/mol. The zero-order valence-electron chi connectivity index (χ0n) is 9.64. The lowest BCUT2D eigenvalue weighted by Gasteiger charge is -2.38. The first-order chi connectivity index (χ1) is 6.60. The van der Waals surface area contributed by atoms with Gasteiger partial charge in [-0.3, -0.25) is 5.32 Å². The monoisotopic (exact) mass is 194 g/mol. The summed E-state index contributed by atoms with van der Waals surface area (Å²) in [6.45, 7) is 7.53. The van der Waals surface area contributed by atoms with Crippen molar-refractivity contribution in [3.05, 3.63) is 0 Å². The normalized spacial score (nSPS) is 32.9. The van der Waals surface area contributed by atoms with E-state index in [1.54, 1.807) is 0 Å². The largest absolute Gasteiger partial charge is 0.299 e. The molecule has 1 N–H and O–H groups in total. The topological polar surface area (TPSA) is 35.8 Å². The maximum Gasteiger partial charge on any atom is 0.109 e. The number of rotatable bonds is 3. The highest BCUT2D eigenvalue weighted by Crippen LogP contribution is 2.33. The molecule has 1 saturated carbocycles. The van der Waals surface area contributed by atoms with E-state index in [4.69, 9.17) is 0 Å². The third-order valence-corrected chi connectivity index (χ3v) is 3.32. The third-order valence-electron chi connectivity index (χ3n) is 3.32. The van der Waals surface area contributed by atoms with Gasteiger partial charge >= 0.3 is 0 Å². The zero-order chi connectivity index (χ0) is 10.6. The molecule has 0 saturated heterocycles. The van der Waals surface area contributed by atoms with Gasteiger partial charge in [0.15, 0.2) is 0 Å². The standard InChI is InChI=1S/C12H22N2/c1-10(2)8-14-12(9-13)7-5-4-6-11(12)3/h10-11,14H,4-8H2,1-3H3. The molecule has 2 nitrogen and oxygen atoms in total. The van der Waals surface area contributed by atoms with Crippen molar-refractivity contribution in [1.82, 2.24) is 5.32 Å². The van der Waals surface area contributed by atoms with Crippen LogP contribution in [0.25, 0.3) is 0 Å². The predicted octanol–water partition coefficient (Wildman–Crippen LogP) is 2.70. The number of hydrogen-bond donors (Lipinski definition) is 1. The van der Waals surface area contributed by atoms with Crippen LogP contribution in [0.1, 0.15) is 46.5 Å². The summed E-state index contributed by atoms with van der Waals surface area (Å²) >= 11 is 0. The Morgan fingerprint density at radius 1 is 1.50 bits per heavy atom. The van der Waals surface area contributed by atoms with Crippen LogP contribution in [0.3, 0.4) is 0 Å². The van der Waals surface area contributed by atoms with Gasteiger partial charge < -0.3 is 0 Å². The summed E-state index contributed by atoms with van der Waals surface area (Å²) in [6.07, 6.45) is 4.70. The fourth-order valence-electron chi connectivity index (χ4n) is 2.20. The van der Waals surface area contributed by atoms with Gasteiger partial charge in [-0.1, -0.05) is 33.6 Å². The van der Waals surface area contributed by atoms with E-state index < -0.39 is 0 Å². The zero-order valence-corrected chi connectivity index (χ0v) is 9.64. The van der Waals surface area contributed by atoms with Gasteiger partial charge in [0.1, 0.15) is 5.54 Å². The van der Waals surface area contributed by atoms with Crippen LogP contribution in [0.15, 0.2) is 0 Å². The van der Waals surface area contributed by atoms with Crippen LogP contribution in [0.2, 0.25) is 0 Å². The van der Waals surface area contributed by atoms with Crippen molar-refractivity contribution in [1.29, 1.82) is 5.26 Å². The fraction of sp³-hybridized carbons (Fsp3) is 0.917. The fourth-order valence-corrected chi connectivity index (χ4v) is 2.20. The molecular weight excluding hydrogens is 172 g/mol. The highest BCUT2D eigenvalue weighted by Gasteiger charge is 2.37. The first-order valence-corrected chi connectivity index (χ1v) is 5.77. The van der Waals surface area contributed by atoms with E-state index in [1.807, 2.05) is 0 Å². The second kappa shape index (κ2) is 4.79. The summed E-state index contributed by atoms with van der Waals surface area (Å²) < 4.78 is 0. The van der Waals surface area contributed by atoms with Gasteiger partial charge in [0, 0.05) is 0 Å². The molecule has 0 aromatic carbocycles. The van der Waals surface area contributed by atoms with Crippen LogP contribution in [0.5, 0.6) is 0 Å². The summed E-state index contributed by atoms with van der Waals surface area (Å²) in [5, 5.41) is 12.8. The lowest BCUT2D eigenvalue weighted by Crippen LogP contribution is -2.52. The molecule has 2 atom stereocenters. The summed E-state index contributed by atoms with van der Waals surface area (Å²) in [5.74, 6) is 1.12. The van der Waals surface area contributed by atoms with Crippen LogP contribution in [0.4, 0.5) is 0 Å². The van der Waals surface area contributed by atoms with Crippen LogP contribution in [0, 0.1) is 23.2 Å². The maximum atomic E-state index is 9.31. The Kier molecular flexibility index (Phi) is 3.95. The molecule has 80 valence electrons. The maximum absolute atomic E-state index is 9.31. The van der Waals surface area contributed by atoms with Gasteiger partial charge in [-0.05, 0) is 31.2 Å². The summed E-state index contributed by atoms with van der Waals surface area (Å²) in [5.41, 5.74) is -0.234. The number of hydrogen-bond acceptors (Lipinski definition) is 2. The van der Waals surface area contributed by atoms with Crippen molar-refractivity contribution in [3.8, 4) is 6.07 Å². The Balaban J connectivity index is 2.60.